The molecule has 6 rings (SSSR count). The van der Waals surface area contributed by atoms with Gasteiger partial charge in [0.05, 0.1) is 23.0 Å². The number of amides is 1. The van der Waals surface area contributed by atoms with Crippen LogP contribution in [0.15, 0.2) is 42.6 Å². The van der Waals surface area contributed by atoms with Crippen molar-refractivity contribution >= 4 is 11.6 Å². The molecule has 2 aromatic carbocycles. The molecule has 1 saturated heterocycles. The Morgan fingerprint density at radius 1 is 1.18 bits per heavy atom. The number of carbonyl (C=O) groups is 1. The van der Waals surface area contributed by atoms with E-state index in [2.05, 4.69) is 22.4 Å². The van der Waals surface area contributed by atoms with Gasteiger partial charge < -0.3 is 15.0 Å². The maximum absolute atomic E-state index is 14.6. The normalized spacial score (nSPS) is 21.2. The lowest BCUT2D eigenvalue weighted by Gasteiger charge is -2.36. The highest BCUT2D eigenvalue weighted by Gasteiger charge is 2.52. The number of aromatic nitrogens is 2. The number of halogens is 2. The van der Waals surface area contributed by atoms with Gasteiger partial charge in [-0.3, -0.25) is 4.79 Å². The molecule has 1 spiro atoms. The van der Waals surface area contributed by atoms with Crippen LogP contribution in [0.5, 0.6) is 5.75 Å². The lowest BCUT2D eigenvalue weighted by Crippen LogP contribution is -2.40. The zero-order chi connectivity index (χ0) is 22.7. The molecule has 0 bridgehead atoms. The topological polar surface area (TPSA) is 59.4 Å². The minimum absolute atomic E-state index is 0.0207. The number of hydrogen-bond donors (Lipinski definition) is 1. The average molecular weight is 450 g/mol. The molecule has 3 aliphatic rings. The number of nitrogens with zero attached hydrogens (tertiary/aromatic N) is 3. The lowest BCUT2D eigenvalue weighted by molar-refractivity contribution is -0.123. The fourth-order valence-corrected chi connectivity index (χ4v) is 5.28. The summed E-state index contributed by atoms with van der Waals surface area (Å²) in [7, 11) is 2.06. The van der Waals surface area contributed by atoms with Gasteiger partial charge >= 0.3 is 0 Å². The summed E-state index contributed by atoms with van der Waals surface area (Å²) < 4.78 is 35.9. The van der Waals surface area contributed by atoms with Crippen LogP contribution in [-0.4, -0.2) is 46.8 Å². The number of anilines is 1. The predicted molar refractivity (Wildman–Crippen MR) is 120 cm³/mol. The fourth-order valence-electron chi connectivity index (χ4n) is 5.28. The summed E-state index contributed by atoms with van der Waals surface area (Å²) >= 11 is 0. The molecule has 2 aliphatic heterocycles. The van der Waals surface area contributed by atoms with Crippen LogP contribution < -0.4 is 10.1 Å². The molecule has 1 saturated carbocycles. The number of hydrogen-bond acceptors (Lipinski definition) is 4. The summed E-state index contributed by atoms with van der Waals surface area (Å²) in [6.07, 6.45) is 5.12. The van der Waals surface area contributed by atoms with Crippen LogP contribution in [0.4, 0.5) is 14.5 Å². The number of rotatable bonds is 4. The summed E-state index contributed by atoms with van der Waals surface area (Å²) in [5.74, 6) is -0.685. The molecule has 3 heterocycles. The zero-order valence-corrected chi connectivity index (χ0v) is 18.3. The lowest BCUT2D eigenvalue weighted by atomic mass is 9.65. The third-order valence-electron chi connectivity index (χ3n) is 7.22. The summed E-state index contributed by atoms with van der Waals surface area (Å²) in [6.45, 7) is 1.77. The van der Waals surface area contributed by atoms with Gasteiger partial charge in [0.2, 0.25) is 5.91 Å². The van der Waals surface area contributed by atoms with Crippen LogP contribution in [0, 0.1) is 11.6 Å². The number of benzene rings is 2. The highest BCUT2D eigenvalue weighted by atomic mass is 19.1. The van der Waals surface area contributed by atoms with Crippen molar-refractivity contribution < 1.29 is 18.3 Å². The van der Waals surface area contributed by atoms with Gasteiger partial charge in [0.1, 0.15) is 23.4 Å². The molecule has 33 heavy (non-hydrogen) atoms. The quantitative estimate of drug-likeness (QED) is 0.645. The van der Waals surface area contributed by atoms with E-state index in [-0.39, 0.29) is 17.7 Å². The molecule has 1 unspecified atom stereocenters. The van der Waals surface area contributed by atoms with Crippen LogP contribution in [-0.2, 0) is 10.2 Å². The first-order valence-corrected chi connectivity index (χ1v) is 11.3. The van der Waals surface area contributed by atoms with Gasteiger partial charge in [-0.1, -0.05) is 6.42 Å². The third-order valence-corrected chi connectivity index (χ3v) is 7.22. The smallest absolute Gasteiger partial charge is 0.235 e. The van der Waals surface area contributed by atoms with Crippen LogP contribution in [0.2, 0.25) is 0 Å². The van der Waals surface area contributed by atoms with E-state index in [0.717, 1.165) is 61.7 Å². The van der Waals surface area contributed by atoms with Gasteiger partial charge in [0, 0.05) is 24.7 Å². The largest absolute Gasteiger partial charge is 0.487 e. The van der Waals surface area contributed by atoms with E-state index in [1.807, 2.05) is 12.1 Å². The SMILES string of the molecule is CN1CCC(Oc2cc(-c3ccnn3-c3ccc(F)cc3F)cc3c2NC(=O)C32CCC2)C1. The maximum atomic E-state index is 14.6. The van der Waals surface area contributed by atoms with Crippen molar-refractivity contribution in [2.24, 2.45) is 0 Å². The van der Waals surface area contributed by atoms with Crippen molar-refractivity contribution in [3.05, 3.63) is 59.8 Å². The Labute approximate surface area is 190 Å². The third kappa shape index (κ3) is 3.15. The monoisotopic (exact) mass is 450 g/mol. The van der Waals surface area contributed by atoms with Crippen molar-refractivity contribution in [2.45, 2.75) is 37.2 Å². The average Bonchev–Trinajstić information content (AvgIpc) is 3.44. The Morgan fingerprint density at radius 3 is 2.73 bits per heavy atom. The van der Waals surface area contributed by atoms with Gasteiger partial charge in [0.15, 0.2) is 5.82 Å². The molecule has 3 aromatic rings. The van der Waals surface area contributed by atoms with Gasteiger partial charge in [-0.2, -0.15) is 5.10 Å². The highest BCUT2D eigenvalue weighted by molar-refractivity contribution is 6.09. The minimum Gasteiger partial charge on any atom is -0.487 e. The van der Waals surface area contributed by atoms with E-state index < -0.39 is 17.0 Å². The molecule has 170 valence electrons. The van der Waals surface area contributed by atoms with Crippen molar-refractivity contribution in [2.75, 3.05) is 25.5 Å². The second kappa shape index (κ2) is 7.38. The van der Waals surface area contributed by atoms with E-state index in [1.54, 1.807) is 12.3 Å². The van der Waals surface area contributed by atoms with Crippen LogP contribution in [0.25, 0.3) is 16.9 Å². The first kappa shape index (κ1) is 20.4. The minimum atomic E-state index is -0.695. The number of fused-ring (bicyclic) bond motifs is 2. The number of likely N-dealkylation sites (tertiary alicyclic amines) is 1. The fraction of sp³-hybridized carbons (Fsp3) is 0.360. The van der Waals surface area contributed by atoms with Crippen molar-refractivity contribution in [3.8, 4) is 22.7 Å². The van der Waals surface area contributed by atoms with E-state index >= 15 is 0 Å². The predicted octanol–water partition coefficient (Wildman–Crippen LogP) is 4.27. The number of carbonyl (C=O) groups excluding carboxylic acids is 1. The van der Waals surface area contributed by atoms with E-state index in [0.29, 0.717) is 11.4 Å². The Bertz CT molecular complexity index is 1270. The first-order chi connectivity index (χ1) is 15.9. The Balaban J connectivity index is 1.48. The standard InChI is InChI=1S/C25H24F2N4O2/c1-30-10-6-17(14-30)33-22-12-15(11-18-23(22)29-24(32)25(18)7-2-8-25)20-5-9-28-31(20)21-4-3-16(26)13-19(21)27/h3-5,9,11-13,17H,2,6-8,10,14H2,1H3,(H,29,32). The Morgan fingerprint density at radius 2 is 2.03 bits per heavy atom. The number of nitrogens with one attached hydrogen (secondary N) is 1. The van der Waals surface area contributed by atoms with Gasteiger partial charge in [0.25, 0.3) is 0 Å². The van der Waals surface area contributed by atoms with Crippen molar-refractivity contribution in [1.82, 2.24) is 14.7 Å². The zero-order valence-electron chi connectivity index (χ0n) is 18.3. The molecule has 1 amide bonds. The number of likely N-dealkylation sites (N-methyl/N-ethyl adjacent to an activating group) is 1. The molecule has 8 heteroatoms. The van der Waals surface area contributed by atoms with Crippen molar-refractivity contribution in [3.63, 3.8) is 0 Å². The Kier molecular flexibility index (Phi) is 4.55. The first-order valence-electron chi connectivity index (χ1n) is 11.3. The molecule has 0 radical (unpaired) electrons. The van der Waals surface area contributed by atoms with Gasteiger partial charge in [-0.05, 0) is 62.2 Å². The molecular weight excluding hydrogens is 426 g/mol. The molecule has 1 N–H and O–H groups in total. The Hall–Kier alpha value is -3.26. The second-order valence-corrected chi connectivity index (χ2v) is 9.30. The summed E-state index contributed by atoms with van der Waals surface area (Å²) in [4.78, 5) is 15.2. The molecular formula is C25H24F2N4O2. The van der Waals surface area contributed by atoms with E-state index in [4.69, 9.17) is 4.74 Å². The number of ether oxygens (including phenoxy) is 1. The second-order valence-electron chi connectivity index (χ2n) is 9.30. The van der Waals surface area contributed by atoms with Crippen LogP contribution >= 0.6 is 0 Å². The molecule has 1 atom stereocenters. The maximum Gasteiger partial charge on any atom is 0.235 e. The molecule has 2 fully saturated rings. The molecule has 6 nitrogen and oxygen atoms in total. The summed E-state index contributed by atoms with van der Waals surface area (Å²) in [5, 5.41) is 7.38. The van der Waals surface area contributed by atoms with E-state index in [1.165, 1.54) is 16.8 Å². The summed E-state index contributed by atoms with van der Waals surface area (Å²) in [5.41, 5.74) is 2.73. The molecule has 1 aliphatic carbocycles. The van der Waals surface area contributed by atoms with Crippen LogP contribution in [0.3, 0.4) is 0 Å². The highest BCUT2D eigenvalue weighted by Crippen LogP contribution is 2.55. The van der Waals surface area contributed by atoms with Gasteiger partial charge in [-0.25, -0.2) is 13.5 Å². The van der Waals surface area contributed by atoms with Gasteiger partial charge in [-0.15, -0.1) is 0 Å². The molecule has 1 aromatic heterocycles. The summed E-state index contributed by atoms with van der Waals surface area (Å²) in [6, 6.07) is 9.11. The van der Waals surface area contributed by atoms with E-state index in [9.17, 15) is 13.6 Å². The van der Waals surface area contributed by atoms with Crippen LogP contribution in [0.1, 0.15) is 31.2 Å². The van der Waals surface area contributed by atoms with Crippen molar-refractivity contribution in [1.29, 1.82) is 0 Å².